The first kappa shape index (κ1) is 11.5. The molecule has 2 heteroatoms. The highest BCUT2D eigenvalue weighted by Gasteiger charge is 2.35. The Labute approximate surface area is 90.4 Å². The number of halogens is 1. The lowest BCUT2D eigenvalue weighted by molar-refractivity contribution is 0.0317. The van der Waals surface area contributed by atoms with Crippen molar-refractivity contribution in [1.29, 1.82) is 0 Å². The number of ether oxygens (including phenoxy) is 1. The van der Waals surface area contributed by atoms with Gasteiger partial charge in [-0.2, -0.15) is 0 Å². The van der Waals surface area contributed by atoms with Crippen LogP contribution in [0.5, 0.6) is 0 Å². The van der Waals surface area contributed by atoms with Crippen molar-refractivity contribution in [1.82, 2.24) is 0 Å². The fourth-order valence-electron chi connectivity index (χ4n) is 2.03. The normalized spacial score (nSPS) is 33.2. The molecule has 0 aliphatic heterocycles. The summed E-state index contributed by atoms with van der Waals surface area (Å²) in [4.78, 5) is 0.714. The molecule has 0 radical (unpaired) electrons. The summed E-state index contributed by atoms with van der Waals surface area (Å²) >= 11 is 3.72. The van der Waals surface area contributed by atoms with Crippen LogP contribution in [0, 0.1) is 11.3 Å². The number of hydrogen-bond donors (Lipinski definition) is 0. The monoisotopic (exact) mass is 248 g/mol. The Kier molecular flexibility index (Phi) is 4.24. The second-order valence-corrected chi connectivity index (χ2v) is 6.01. The minimum atomic E-state index is 0.472. The van der Waals surface area contributed by atoms with Gasteiger partial charge in [0.15, 0.2) is 0 Å². The average Bonchev–Trinajstić information content (AvgIpc) is 2.07. The van der Waals surface area contributed by atoms with Crippen molar-refractivity contribution in [3.8, 4) is 0 Å². The lowest BCUT2D eigenvalue weighted by Crippen LogP contribution is -2.35. The van der Waals surface area contributed by atoms with Gasteiger partial charge < -0.3 is 4.74 Å². The third-order valence-electron chi connectivity index (χ3n) is 3.27. The Balaban J connectivity index is 2.46. The summed E-state index contributed by atoms with van der Waals surface area (Å²) < 4.78 is 5.54. The van der Waals surface area contributed by atoms with E-state index in [9.17, 15) is 0 Å². The van der Waals surface area contributed by atoms with E-state index in [2.05, 4.69) is 36.7 Å². The molecule has 0 heterocycles. The van der Waals surface area contributed by atoms with E-state index in [1.807, 2.05) is 0 Å². The Morgan fingerprint density at radius 1 is 1.46 bits per heavy atom. The Morgan fingerprint density at radius 2 is 2.15 bits per heavy atom. The standard InChI is InChI=1S/C11H21BrO/c1-4-13-8-9-7-10(12)5-6-11(9,2)3/h9-10H,4-8H2,1-3H3. The molecule has 0 saturated heterocycles. The summed E-state index contributed by atoms with van der Waals surface area (Å²) in [5.74, 6) is 0.727. The van der Waals surface area contributed by atoms with Gasteiger partial charge in [0.05, 0.1) is 0 Å². The average molecular weight is 249 g/mol. The van der Waals surface area contributed by atoms with Crippen LogP contribution in [0.2, 0.25) is 0 Å². The fourth-order valence-corrected chi connectivity index (χ4v) is 2.71. The molecule has 2 unspecified atom stereocenters. The van der Waals surface area contributed by atoms with E-state index >= 15 is 0 Å². The second kappa shape index (κ2) is 4.79. The molecule has 1 nitrogen and oxygen atoms in total. The van der Waals surface area contributed by atoms with Gasteiger partial charge in [-0.05, 0) is 37.5 Å². The molecule has 1 rings (SSSR count). The van der Waals surface area contributed by atoms with Crippen LogP contribution in [0.3, 0.4) is 0 Å². The van der Waals surface area contributed by atoms with Crippen LogP contribution in [0.1, 0.15) is 40.0 Å². The van der Waals surface area contributed by atoms with Crippen molar-refractivity contribution in [2.45, 2.75) is 44.9 Å². The molecule has 0 spiro atoms. The predicted molar refractivity (Wildman–Crippen MR) is 60.3 cm³/mol. The Morgan fingerprint density at radius 3 is 2.77 bits per heavy atom. The number of alkyl halides is 1. The molecular formula is C11H21BrO. The van der Waals surface area contributed by atoms with Crippen LogP contribution in [-0.4, -0.2) is 18.0 Å². The third kappa shape index (κ3) is 3.25. The van der Waals surface area contributed by atoms with Crippen LogP contribution >= 0.6 is 15.9 Å². The lowest BCUT2D eigenvalue weighted by atomic mass is 9.69. The van der Waals surface area contributed by atoms with Gasteiger partial charge in [-0.25, -0.2) is 0 Å². The highest BCUT2D eigenvalue weighted by atomic mass is 79.9. The zero-order chi connectivity index (χ0) is 9.90. The zero-order valence-electron chi connectivity index (χ0n) is 8.98. The quantitative estimate of drug-likeness (QED) is 0.694. The summed E-state index contributed by atoms with van der Waals surface area (Å²) in [6, 6.07) is 0. The van der Waals surface area contributed by atoms with Crippen molar-refractivity contribution in [3.05, 3.63) is 0 Å². The molecular weight excluding hydrogens is 228 g/mol. The van der Waals surface area contributed by atoms with E-state index in [0.29, 0.717) is 10.2 Å². The van der Waals surface area contributed by atoms with Crippen LogP contribution in [-0.2, 0) is 4.74 Å². The summed E-state index contributed by atoms with van der Waals surface area (Å²) in [7, 11) is 0. The van der Waals surface area contributed by atoms with Crippen molar-refractivity contribution in [2.24, 2.45) is 11.3 Å². The van der Waals surface area contributed by atoms with E-state index in [0.717, 1.165) is 19.1 Å². The van der Waals surface area contributed by atoms with Crippen LogP contribution in [0.15, 0.2) is 0 Å². The van der Waals surface area contributed by atoms with Gasteiger partial charge in [0.1, 0.15) is 0 Å². The molecule has 78 valence electrons. The van der Waals surface area contributed by atoms with Crippen LogP contribution in [0.25, 0.3) is 0 Å². The van der Waals surface area contributed by atoms with E-state index < -0.39 is 0 Å². The SMILES string of the molecule is CCOCC1CC(Br)CCC1(C)C. The van der Waals surface area contributed by atoms with Crippen molar-refractivity contribution in [2.75, 3.05) is 13.2 Å². The molecule has 1 fully saturated rings. The van der Waals surface area contributed by atoms with Gasteiger partial charge in [0, 0.05) is 18.0 Å². The Hall–Kier alpha value is 0.440. The maximum absolute atomic E-state index is 5.54. The molecule has 2 atom stereocenters. The van der Waals surface area contributed by atoms with Crippen LogP contribution < -0.4 is 0 Å². The zero-order valence-corrected chi connectivity index (χ0v) is 10.6. The van der Waals surface area contributed by atoms with Crippen molar-refractivity contribution >= 4 is 15.9 Å². The highest BCUT2D eigenvalue weighted by Crippen LogP contribution is 2.42. The van der Waals surface area contributed by atoms with Gasteiger partial charge in [-0.15, -0.1) is 0 Å². The first-order valence-corrected chi connectivity index (χ1v) is 6.19. The summed E-state index contributed by atoms with van der Waals surface area (Å²) in [5, 5.41) is 0. The van der Waals surface area contributed by atoms with Crippen LogP contribution in [0.4, 0.5) is 0 Å². The lowest BCUT2D eigenvalue weighted by Gasteiger charge is -2.40. The number of rotatable bonds is 3. The number of hydrogen-bond acceptors (Lipinski definition) is 1. The third-order valence-corrected chi connectivity index (χ3v) is 4.10. The first-order chi connectivity index (χ1) is 6.06. The molecule has 1 aliphatic rings. The van der Waals surface area contributed by atoms with E-state index in [4.69, 9.17) is 4.74 Å². The maximum atomic E-state index is 5.54. The largest absolute Gasteiger partial charge is 0.381 e. The topological polar surface area (TPSA) is 9.23 Å². The minimum Gasteiger partial charge on any atom is -0.381 e. The summed E-state index contributed by atoms with van der Waals surface area (Å²) in [5.41, 5.74) is 0.472. The molecule has 0 amide bonds. The molecule has 0 aromatic rings. The fraction of sp³-hybridized carbons (Fsp3) is 1.00. The highest BCUT2D eigenvalue weighted by molar-refractivity contribution is 9.09. The van der Waals surface area contributed by atoms with Crippen molar-refractivity contribution in [3.63, 3.8) is 0 Å². The van der Waals surface area contributed by atoms with E-state index in [1.54, 1.807) is 0 Å². The van der Waals surface area contributed by atoms with Gasteiger partial charge in [-0.3, -0.25) is 0 Å². The van der Waals surface area contributed by atoms with Gasteiger partial charge in [0.25, 0.3) is 0 Å². The van der Waals surface area contributed by atoms with Gasteiger partial charge in [-0.1, -0.05) is 29.8 Å². The smallest absolute Gasteiger partial charge is 0.0499 e. The maximum Gasteiger partial charge on any atom is 0.0499 e. The van der Waals surface area contributed by atoms with E-state index in [-0.39, 0.29) is 0 Å². The predicted octanol–water partition coefficient (Wildman–Crippen LogP) is 3.61. The molecule has 1 saturated carbocycles. The summed E-state index contributed by atoms with van der Waals surface area (Å²) in [6.45, 7) is 8.59. The van der Waals surface area contributed by atoms with E-state index in [1.165, 1.54) is 19.3 Å². The molecule has 0 bridgehead atoms. The van der Waals surface area contributed by atoms with Gasteiger partial charge in [0.2, 0.25) is 0 Å². The van der Waals surface area contributed by atoms with Crippen molar-refractivity contribution < 1.29 is 4.74 Å². The molecule has 0 aromatic heterocycles. The minimum absolute atomic E-state index is 0.472. The Bertz CT molecular complexity index is 156. The molecule has 1 aliphatic carbocycles. The molecule has 0 aromatic carbocycles. The first-order valence-electron chi connectivity index (χ1n) is 5.28. The second-order valence-electron chi connectivity index (χ2n) is 4.72. The summed E-state index contributed by atoms with van der Waals surface area (Å²) in [6.07, 6.45) is 3.91. The molecule has 0 N–H and O–H groups in total. The van der Waals surface area contributed by atoms with Gasteiger partial charge >= 0.3 is 0 Å². The molecule has 13 heavy (non-hydrogen) atoms.